The van der Waals surface area contributed by atoms with Crippen molar-refractivity contribution in [3.63, 3.8) is 0 Å². The molecule has 154 valence electrons. The number of sulfonamides is 1. The lowest BCUT2D eigenvalue weighted by molar-refractivity contribution is -0.143. The number of nitrogens with two attached hydrogens (primary N) is 1. The molecule has 1 heterocycles. The maximum absolute atomic E-state index is 13.9. The third-order valence-electron chi connectivity index (χ3n) is 5.24. The zero-order valence-electron chi connectivity index (χ0n) is 15.5. The molecule has 0 bridgehead atoms. The summed E-state index contributed by atoms with van der Waals surface area (Å²) in [7, 11) is -4.30. The number of hydrogen-bond acceptors (Lipinski definition) is 4. The van der Waals surface area contributed by atoms with Crippen molar-refractivity contribution in [3.05, 3.63) is 29.8 Å². The van der Waals surface area contributed by atoms with E-state index in [1.165, 1.54) is 0 Å². The molecule has 2 rings (SSSR count). The summed E-state index contributed by atoms with van der Waals surface area (Å²) in [5, 5.41) is 0. The molecule has 1 saturated heterocycles. The third kappa shape index (κ3) is 4.42. The van der Waals surface area contributed by atoms with Crippen LogP contribution >= 0.6 is 12.4 Å². The maximum Gasteiger partial charge on any atom is 0.249 e. The molecule has 1 amide bonds. The molecule has 1 aliphatic rings. The lowest BCUT2D eigenvalue weighted by atomic mass is 9.81. The van der Waals surface area contributed by atoms with Gasteiger partial charge in [-0.15, -0.1) is 12.4 Å². The molecule has 0 saturated carbocycles. The van der Waals surface area contributed by atoms with Gasteiger partial charge >= 0.3 is 0 Å². The zero-order valence-corrected chi connectivity index (χ0v) is 17.1. The first-order valence-electron chi connectivity index (χ1n) is 8.67. The molecule has 2 N–H and O–H groups in total. The standard InChI is InChI=1S/C17H25F2N3O3S.ClH/c1-3-17(4-2,12-20)16(23)21-8-10-22(11-9-21)26(24,25)15-13(18)6-5-7-14(15)19;/h5-7H,3-4,8-12,20H2,1-2H3;1H. The topological polar surface area (TPSA) is 83.7 Å². The Labute approximate surface area is 165 Å². The van der Waals surface area contributed by atoms with Crippen molar-refractivity contribution in [2.75, 3.05) is 32.7 Å². The molecule has 0 aliphatic carbocycles. The Hall–Kier alpha value is -1.29. The average molecular weight is 426 g/mol. The van der Waals surface area contributed by atoms with Gasteiger partial charge in [0.2, 0.25) is 15.9 Å². The summed E-state index contributed by atoms with van der Waals surface area (Å²) in [6.45, 7) is 4.31. The molecule has 10 heteroatoms. The van der Waals surface area contributed by atoms with Crippen LogP contribution in [0.5, 0.6) is 0 Å². The van der Waals surface area contributed by atoms with Crippen molar-refractivity contribution < 1.29 is 22.0 Å². The molecule has 0 radical (unpaired) electrons. The van der Waals surface area contributed by atoms with Crippen molar-refractivity contribution in [1.82, 2.24) is 9.21 Å². The van der Waals surface area contributed by atoms with Gasteiger partial charge in [0, 0.05) is 32.7 Å². The summed E-state index contributed by atoms with van der Waals surface area (Å²) < 4.78 is 54.0. The number of amides is 1. The number of nitrogens with zero attached hydrogens (tertiary/aromatic N) is 2. The Morgan fingerprint density at radius 1 is 1.11 bits per heavy atom. The summed E-state index contributed by atoms with van der Waals surface area (Å²) >= 11 is 0. The normalized spacial score (nSPS) is 16.1. The van der Waals surface area contributed by atoms with Crippen LogP contribution in [0, 0.1) is 17.0 Å². The first-order chi connectivity index (χ1) is 12.2. The molecular weight excluding hydrogens is 400 g/mol. The van der Waals surface area contributed by atoms with Crippen LogP contribution < -0.4 is 5.73 Å². The van der Waals surface area contributed by atoms with Gasteiger partial charge in [0.05, 0.1) is 5.41 Å². The molecule has 1 aromatic carbocycles. The van der Waals surface area contributed by atoms with E-state index in [4.69, 9.17) is 5.73 Å². The van der Waals surface area contributed by atoms with Crippen LogP contribution in [0.15, 0.2) is 23.1 Å². The smallest absolute Gasteiger partial charge is 0.249 e. The summed E-state index contributed by atoms with van der Waals surface area (Å²) in [6, 6.07) is 2.93. The monoisotopic (exact) mass is 425 g/mol. The van der Waals surface area contributed by atoms with Gasteiger partial charge in [-0.2, -0.15) is 4.31 Å². The van der Waals surface area contributed by atoms with E-state index in [1.54, 1.807) is 4.90 Å². The fourth-order valence-electron chi connectivity index (χ4n) is 3.25. The van der Waals surface area contributed by atoms with Gasteiger partial charge in [0.1, 0.15) is 11.6 Å². The molecule has 27 heavy (non-hydrogen) atoms. The minimum Gasteiger partial charge on any atom is -0.340 e. The quantitative estimate of drug-likeness (QED) is 0.755. The molecular formula is C17H26ClF2N3O3S. The van der Waals surface area contributed by atoms with Crippen molar-refractivity contribution in [3.8, 4) is 0 Å². The third-order valence-corrected chi connectivity index (χ3v) is 7.19. The second-order valence-corrected chi connectivity index (χ2v) is 8.31. The van der Waals surface area contributed by atoms with Crippen LogP contribution in [-0.2, 0) is 14.8 Å². The minimum absolute atomic E-state index is 0. The van der Waals surface area contributed by atoms with Crippen LogP contribution in [0.2, 0.25) is 0 Å². The summed E-state index contributed by atoms with van der Waals surface area (Å²) in [4.78, 5) is 13.4. The van der Waals surface area contributed by atoms with E-state index in [9.17, 15) is 22.0 Å². The highest BCUT2D eigenvalue weighted by Gasteiger charge is 2.40. The second-order valence-electron chi connectivity index (χ2n) is 6.44. The minimum atomic E-state index is -4.30. The van der Waals surface area contributed by atoms with Gasteiger partial charge in [-0.3, -0.25) is 4.79 Å². The highest BCUT2D eigenvalue weighted by atomic mass is 35.5. The Bertz CT molecular complexity index is 736. The molecule has 1 aliphatic heterocycles. The van der Waals surface area contributed by atoms with Gasteiger partial charge in [-0.05, 0) is 25.0 Å². The molecule has 0 aromatic heterocycles. The molecule has 6 nitrogen and oxygen atoms in total. The molecule has 0 unspecified atom stereocenters. The summed E-state index contributed by atoms with van der Waals surface area (Å²) in [5.41, 5.74) is 5.15. The first-order valence-corrected chi connectivity index (χ1v) is 10.1. The summed E-state index contributed by atoms with van der Waals surface area (Å²) in [5.74, 6) is -2.34. The number of piperazine rings is 1. The van der Waals surface area contributed by atoms with Gasteiger partial charge in [0.15, 0.2) is 4.90 Å². The van der Waals surface area contributed by atoms with E-state index >= 15 is 0 Å². The Balaban J connectivity index is 0.00000364. The van der Waals surface area contributed by atoms with Gasteiger partial charge < -0.3 is 10.6 Å². The van der Waals surface area contributed by atoms with Gasteiger partial charge in [-0.1, -0.05) is 19.9 Å². The van der Waals surface area contributed by atoms with E-state index in [2.05, 4.69) is 0 Å². The van der Waals surface area contributed by atoms with E-state index in [-0.39, 0.29) is 51.0 Å². The fourth-order valence-corrected chi connectivity index (χ4v) is 4.78. The van der Waals surface area contributed by atoms with Crippen molar-refractivity contribution in [1.29, 1.82) is 0 Å². The van der Waals surface area contributed by atoms with E-state index in [0.717, 1.165) is 22.5 Å². The lowest BCUT2D eigenvalue weighted by Gasteiger charge is -2.39. The number of rotatable bonds is 6. The molecule has 1 aromatic rings. The molecule has 0 spiro atoms. The lowest BCUT2D eigenvalue weighted by Crippen LogP contribution is -2.55. The van der Waals surface area contributed by atoms with Crippen molar-refractivity contribution in [2.24, 2.45) is 11.1 Å². The SMILES string of the molecule is CCC(CC)(CN)C(=O)N1CCN(S(=O)(=O)c2c(F)cccc2F)CC1.Cl. The number of carbonyl (C=O) groups is 1. The van der Waals surface area contributed by atoms with E-state index in [1.807, 2.05) is 13.8 Å². The van der Waals surface area contributed by atoms with E-state index < -0.39 is 32.0 Å². The number of carbonyl (C=O) groups excluding carboxylic acids is 1. The van der Waals surface area contributed by atoms with Crippen LogP contribution in [-0.4, -0.2) is 56.3 Å². The van der Waals surface area contributed by atoms with Crippen LogP contribution in [0.25, 0.3) is 0 Å². The van der Waals surface area contributed by atoms with Crippen molar-refractivity contribution >= 4 is 28.3 Å². The Morgan fingerprint density at radius 3 is 2.00 bits per heavy atom. The average Bonchev–Trinajstić information content (AvgIpc) is 2.63. The first kappa shape index (κ1) is 23.7. The maximum atomic E-state index is 13.9. The Morgan fingerprint density at radius 2 is 1.59 bits per heavy atom. The highest BCUT2D eigenvalue weighted by Crippen LogP contribution is 2.29. The van der Waals surface area contributed by atoms with Crippen molar-refractivity contribution in [2.45, 2.75) is 31.6 Å². The predicted molar refractivity (Wildman–Crippen MR) is 101 cm³/mol. The molecule has 1 fully saturated rings. The largest absolute Gasteiger partial charge is 0.340 e. The predicted octanol–water partition coefficient (Wildman–Crippen LogP) is 1.98. The molecule has 0 atom stereocenters. The van der Waals surface area contributed by atoms with Crippen LogP contribution in [0.3, 0.4) is 0 Å². The van der Waals surface area contributed by atoms with Gasteiger partial charge in [0.25, 0.3) is 0 Å². The highest BCUT2D eigenvalue weighted by molar-refractivity contribution is 7.89. The Kier molecular flexibility index (Phi) is 8.15. The zero-order chi connectivity index (χ0) is 19.5. The summed E-state index contributed by atoms with van der Waals surface area (Å²) in [6.07, 6.45) is 1.19. The number of benzene rings is 1. The number of halogens is 3. The van der Waals surface area contributed by atoms with Crippen LogP contribution in [0.4, 0.5) is 8.78 Å². The van der Waals surface area contributed by atoms with Gasteiger partial charge in [-0.25, -0.2) is 17.2 Å². The van der Waals surface area contributed by atoms with Crippen LogP contribution in [0.1, 0.15) is 26.7 Å². The van der Waals surface area contributed by atoms with E-state index in [0.29, 0.717) is 12.8 Å². The second kappa shape index (κ2) is 9.27. The fraction of sp³-hybridized carbons (Fsp3) is 0.588. The number of hydrogen-bond donors (Lipinski definition) is 1.